The third-order valence-electron chi connectivity index (χ3n) is 7.69. The molecule has 0 aromatic heterocycles. The highest BCUT2D eigenvalue weighted by Gasteiger charge is 2.55. The third kappa shape index (κ3) is 5.75. The van der Waals surface area contributed by atoms with E-state index < -0.39 is 30.6 Å². The van der Waals surface area contributed by atoms with Crippen LogP contribution < -0.4 is 26.3 Å². The van der Waals surface area contributed by atoms with Crippen LogP contribution in [0.5, 0.6) is 0 Å². The highest BCUT2D eigenvalue weighted by Crippen LogP contribution is 2.58. The monoisotopic (exact) mass is 624 g/mol. The second-order valence-electron chi connectivity index (χ2n) is 10.3. The summed E-state index contributed by atoms with van der Waals surface area (Å²) in [5, 5.41) is 18.5. The lowest BCUT2D eigenvalue weighted by molar-refractivity contribution is -0.301. The Morgan fingerprint density at radius 3 is 1.79 bits per heavy atom. The molecule has 2 amide bonds. The lowest BCUT2D eigenvalue weighted by atomic mass is 10.0. The van der Waals surface area contributed by atoms with Gasteiger partial charge in [-0.25, -0.2) is 0 Å². The van der Waals surface area contributed by atoms with Crippen LogP contribution >= 0.6 is 30.8 Å². The van der Waals surface area contributed by atoms with Crippen LogP contribution in [0.15, 0.2) is 137 Å². The smallest absolute Gasteiger partial charge is 0.253 e. The molecule has 4 aromatic rings. The van der Waals surface area contributed by atoms with E-state index in [2.05, 4.69) is 41.7 Å². The Morgan fingerprint density at radius 2 is 1.30 bits per heavy atom. The minimum atomic E-state index is -2.39. The number of hydrogen-bond donors (Lipinski definition) is 1. The Hall–Kier alpha value is -3.84. The first-order valence-corrected chi connectivity index (χ1v) is 17.9. The molecular weight excluding hydrogens is 595 g/mol. The number of benzene rings is 4. The SMILES string of the molecule is O=C(CSc1ccccc1)N[C@@H]1C(=O)N2C(C(=O)[O-])=C(C[P+](c3ccccc3)(c3ccccc3)c3ccccc3)CS[C@H]12. The number of nitrogens with zero attached hydrogens (tertiary/aromatic N) is 1. The van der Waals surface area contributed by atoms with Gasteiger partial charge in [0.15, 0.2) is 0 Å². The average molecular weight is 625 g/mol. The molecule has 0 saturated carbocycles. The fourth-order valence-corrected chi connectivity index (χ4v) is 12.3. The van der Waals surface area contributed by atoms with Crippen LogP contribution in [0.3, 0.4) is 0 Å². The summed E-state index contributed by atoms with van der Waals surface area (Å²) in [4.78, 5) is 41.2. The van der Waals surface area contributed by atoms with Crippen LogP contribution in [0.25, 0.3) is 0 Å². The normalized spacial score (nSPS) is 18.0. The number of carboxylic acid groups (broad SMARTS) is 1. The fraction of sp³-hybridized carbons (Fsp3) is 0.147. The van der Waals surface area contributed by atoms with E-state index in [9.17, 15) is 19.5 Å². The van der Waals surface area contributed by atoms with E-state index in [-0.39, 0.29) is 17.4 Å². The van der Waals surface area contributed by atoms with Gasteiger partial charge in [-0.3, -0.25) is 14.5 Å². The van der Waals surface area contributed by atoms with E-state index in [1.807, 2.05) is 84.9 Å². The molecule has 0 bridgehead atoms. The van der Waals surface area contributed by atoms with E-state index >= 15 is 0 Å². The van der Waals surface area contributed by atoms with Gasteiger partial charge < -0.3 is 15.2 Å². The van der Waals surface area contributed by atoms with Crippen LogP contribution in [0, 0.1) is 0 Å². The molecule has 9 heteroatoms. The Kier molecular flexibility index (Phi) is 8.70. The number of hydrogen-bond acceptors (Lipinski definition) is 6. The van der Waals surface area contributed by atoms with Gasteiger partial charge >= 0.3 is 0 Å². The maximum atomic E-state index is 13.4. The topological polar surface area (TPSA) is 89.5 Å². The molecule has 6 nitrogen and oxygen atoms in total. The maximum absolute atomic E-state index is 13.4. The molecule has 1 fully saturated rings. The molecule has 2 heterocycles. The summed E-state index contributed by atoms with van der Waals surface area (Å²) < 4.78 is 0. The van der Waals surface area contributed by atoms with Gasteiger partial charge in [0.2, 0.25) is 5.91 Å². The van der Waals surface area contributed by atoms with Crippen LogP contribution in [0.1, 0.15) is 0 Å². The minimum Gasteiger partial charge on any atom is -0.543 e. The van der Waals surface area contributed by atoms with Crippen LogP contribution in [0.4, 0.5) is 0 Å². The summed E-state index contributed by atoms with van der Waals surface area (Å²) in [6, 6.07) is 39.5. The van der Waals surface area contributed by atoms with E-state index in [1.54, 1.807) is 0 Å². The zero-order valence-corrected chi connectivity index (χ0v) is 25.7. The highest BCUT2D eigenvalue weighted by atomic mass is 32.2. The van der Waals surface area contributed by atoms with Crippen LogP contribution in [0.2, 0.25) is 0 Å². The van der Waals surface area contributed by atoms with E-state index in [0.29, 0.717) is 17.5 Å². The molecule has 0 spiro atoms. The molecule has 4 aromatic carbocycles. The quantitative estimate of drug-likeness (QED) is 0.166. The zero-order chi connectivity index (χ0) is 29.8. The molecule has 2 aliphatic rings. The van der Waals surface area contributed by atoms with Gasteiger partial charge in [-0.1, -0.05) is 72.8 Å². The van der Waals surface area contributed by atoms with Gasteiger partial charge in [0.25, 0.3) is 5.91 Å². The lowest BCUT2D eigenvalue weighted by Crippen LogP contribution is -2.71. The maximum Gasteiger partial charge on any atom is 0.253 e. The van der Waals surface area contributed by atoms with Crippen LogP contribution in [-0.2, 0) is 14.4 Å². The van der Waals surface area contributed by atoms with Gasteiger partial charge in [-0.2, -0.15) is 0 Å². The second kappa shape index (κ2) is 12.8. The van der Waals surface area contributed by atoms with Crippen molar-refractivity contribution in [2.24, 2.45) is 0 Å². The number of thioether (sulfide) groups is 2. The Morgan fingerprint density at radius 1 is 0.814 bits per heavy atom. The summed E-state index contributed by atoms with van der Waals surface area (Å²) >= 11 is 2.88. The van der Waals surface area contributed by atoms with Crippen molar-refractivity contribution in [3.05, 3.63) is 133 Å². The number of rotatable bonds is 10. The predicted molar refractivity (Wildman–Crippen MR) is 174 cm³/mol. The molecule has 1 saturated heterocycles. The highest BCUT2D eigenvalue weighted by molar-refractivity contribution is 8.00. The number of β-lactam (4-membered cyclic amide) rings is 1. The first-order valence-electron chi connectivity index (χ1n) is 13.9. The summed E-state index contributed by atoms with van der Waals surface area (Å²) in [5.74, 6) is -1.48. The van der Waals surface area contributed by atoms with E-state index in [0.717, 1.165) is 20.8 Å². The Labute approximate surface area is 259 Å². The van der Waals surface area contributed by atoms with Gasteiger partial charge in [-0.05, 0) is 48.5 Å². The molecule has 216 valence electrons. The number of carboxylic acids is 1. The number of aliphatic carboxylic acids is 1. The molecular formula is C34H29N2O4PS2. The summed E-state index contributed by atoms with van der Waals surface area (Å²) in [7, 11) is -2.39. The summed E-state index contributed by atoms with van der Waals surface area (Å²) in [5.41, 5.74) is 0.606. The number of carbonyl (C=O) groups excluding carboxylic acids is 3. The zero-order valence-electron chi connectivity index (χ0n) is 23.2. The summed E-state index contributed by atoms with van der Waals surface area (Å²) in [6.07, 6.45) is 0.447. The largest absolute Gasteiger partial charge is 0.543 e. The predicted octanol–water partition coefficient (Wildman–Crippen LogP) is 3.18. The molecule has 2 atom stereocenters. The average Bonchev–Trinajstić information content (AvgIpc) is 3.06. The van der Waals surface area contributed by atoms with Gasteiger partial charge in [0, 0.05) is 16.2 Å². The first-order chi connectivity index (χ1) is 21.0. The Bertz CT molecular complexity index is 1560. The summed E-state index contributed by atoms with van der Waals surface area (Å²) in [6.45, 7) is 0. The van der Waals surface area contributed by atoms with Crippen molar-refractivity contribution in [3.8, 4) is 0 Å². The van der Waals surface area contributed by atoms with E-state index in [4.69, 9.17) is 0 Å². The second-order valence-corrected chi connectivity index (χ2v) is 15.9. The Balaban J connectivity index is 1.33. The number of nitrogens with one attached hydrogen (secondary N) is 1. The van der Waals surface area contributed by atoms with Crippen molar-refractivity contribution in [1.29, 1.82) is 0 Å². The molecule has 6 rings (SSSR count). The van der Waals surface area contributed by atoms with Gasteiger partial charge in [-0.15, -0.1) is 23.5 Å². The molecule has 2 aliphatic heterocycles. The van der Waals surface area contributed by atoms with Crippen molar-refractivity contribution in [2.45, 2.75) is 16.3 Å². The van der Waals surface area contributed by atoms with Crippen molar-refractivity contribution in [2.75, 3.05) is 17.7 Å². The van der Waals surface area contributed by atoms with Crippen molar-refractivity contribution >= 4 is 64.5 Å². The van der Waals surface area contributed by atoms with Crippen LogP contribution in [-0.4, -0.2) is 51.8 Å². The molecule has 0 radical (unpaired) electrons. The van der Waals surface area contributed by atoms with Crippen molar-refractivity contribution < 1.29 is 19.5 Å². The minimum absolute atomic E-state index is 0.0647. The molecule has 0 aliphatic carbocycles. The van der Waals surface area contributed by atoms with E-state index in [1.165, 1.54) is 28.4 Å². The first kappa shape index (κ1) is 29.2. The lowest BCUT2D eigenvalue weighted by Gasteiger charge is -2.51. The fourth-order valence-electron chi connectivity index (χ4n) is 5.73. The van der Waals surface area contributed by atoms with Crippen molar-refractivity contribution in [1.82, 2.24) is 10.2 Å². The van der Waals surface area contributed by atoms with Gasteiger partial charge in [0.1, 0.15) is 34.6 Å². The molecule has 0 unspecified atom stereocenters. The standard InChI is InChI=1S/C34H29N2O4PS2/c37-29(23-42-28-19-11-4-12-20-28)35-30-32(38)36-31(34(39)40)24(22-43-33(30)36)21-41(25-13-5-1-6-14-25,26-15-7-2-8-16-26)27-17-9-3-10-18-27/h1-20,30,33H,21-23H2,(H-,35,37,39,40)/t30-,33-/m1/s1. The van der Waals surface area contributed by atoms with Crippen molar-refractivity contribution in [3.63, 3.8) is 0 Å². The molecule has 43 heavy (non-hydrogen) atoms. The molecule has 1 N–H and O–H groups in total. The number of amides is 2. The number of fused-ring (bicyclic) bond motifs is 1. The van der Waals surface area contributed by atoms with Gasteiger partial charge in [0.05, 0.1) is 23.6 Å². The number of carbonyl (C=O) groups is 3. The third-order valence-corrected chi connectivity index (χ3v) is 14.4.